The molecule has 29 heavy (non-hydrogen) atoms. The lowest BCUT2D eigenvalue weighted by atomic mass is 10.0. The minimum Gasteiger partial charge on any atom is -0.373 e. The molecular weight excluding hydrogens is 397 g/mol. The van der Waals surface area contributed by atoms with Gasteiger partial charge in [-0.25, -0.2) is 14.2 Å². The lowest BCUT2D eigenvalue weighted by molar-refractivity contribution is -0.132. The number of anilines is 1. The van der Waals surface area contributed by atoms with Crippen LogP contribution in [-0.2, 0) is 11.2 Å². The number of pyridine rings is 1. The molecule has 0 spiro atoms. The highest BCUT2D eigenvalue weighted by Gasteiger charge is 2.27. The van der Waals surface area contributed by atoms with Crippen molar-refractivity contribution in [1.82, 2.24) is 19.4 Å². The van der Waals surface area contributed by atoms with E-state index in [9.17, 15) is 14.0 Å². The van der Waals surface area contributed by atoms with Crippen LogP contribution in [-0.4, -0.2) is 45.5 Å². The van der Waals surface area contributed by atoms with Crippen molar-refractivity contribution in [2.75, 3.05) is 25.5 Å². The number of hydrogen-bond donors (Lipinski definition) is 2. The summed E-state index contributed by atoms with van der Waals surface area (Å²) in [5.41, 5.74) is 1.74. The number of piperidine rings is 1. The number of aromatic amines is 1. The minimum absolute atomic E-state index is 0.0702. The summed E-state index contributed by atoms with van der Waals surface area (Å²) in [6.45, 7) is 1.03. The fourth-order valence-electron chi connectivity index (χ4n) is 3.92. The van der Waals surface area contributed by atoms with Crippen molar-refractivity contribution in [3.8, 4) is 0 Å². The van der Waals surface area contributed by atoms with Gasteiger partial charge in [0.05, 0.1) is 29.7 Å². The van der Waals surface area contributed by atoms with Gasteiger partial charge in [-0.05, 0) is 36.6 Å². The molecule has 0 unspecified atom stereocenters. The van der Waals surface area contributed by atoms with Gasteiger partial charge in [-0.1, -0.05) is 11.6 Å². The molecule has 1 amide bonds. The quantitative estimate of drug-likeness (QED) is 0.683. The number of carbonyl (C=O) groups excluding carboxylic acids is 1. The Bertz CT molecular complexity index is 1110. The lowest BCUT2D eigenvalue weighted by Gasteiger charge is -2.33. The predicted octanol–water partition coefficient (Wildman–Crippen LogP) is 2.97. The van der Waals surface area contributed by atoms with Gasteiger partial charge in [0.15, 0.2) is 0 Å². The molecule has 1 saturated heterocycles. The molecule has 152 valence electrons. The van der Waals surface area contributed by atoms with Gasteiger partial charge in [0.1, 0.15) is 11.6 Å². The van der Waals surface area contributed by atoms with Crippen LogP contribution in [0.2, 0.25) is 5.02 Å². The molecule has 3 aromatic rings. The molecule has 0 bridgehead atoms. The van der Waals surface area contributed by atoms with E-state index >= 15 is 0 Å². The van der Waals surface area contributed by atoms with E-state index in [2.05, 4.69) is 15.3 Å². The van der Waals surface area contributed by atoms with E-state index in [-0.39, 0.29) is 29.1 Å². The van der Waals surface area contributed by atoms with E-state index in [1.165, 1.54) is 12.1 Å². The third-order valence-electron chi connectivity index (χ3n) is 5.25. The number of nitrogens with one attached hydrogen (secondary N) is 2. The summed E-state index contributed by atoms with van der Waals surface area (Å²) in [4.78, 5) is 34.2. The van der Waals surface area contributed by atoms with E-state index < -0.39 is 5.82 Å². The minimum atomic E-state index is -0.462. The normalized spacial score (nSPS) is 16.9. The van der Waals surface area contributed by atoms with E-state index in [4.69, 9.17) is 11.6 Å². The molecule has 4 rings (SSSR count). The van der Waals surface area contributed by atoms with Crippen LogP contribution < -0.4 is 11.0 Å². The van der Waals surface area contributed by atoms with Gasteiger partial charge in [-0.15, -0.1) is 0 Å². The van der Waals surface area contributed by atoms with Crippen LogP contribution in [0.15, 0.2) is 35.3 Å². The summed E-state index contributed by atoms with van der Waals surface area (Å²) in [6, 6.07) is 5.81. The van der Waals surface area contributed by atoms with Crippen LogP contribution in [0.1, 0.15) is 24.4 Å². The number of rotatable bonds is 4. The lowest BCUT2D eigenvalue weighted by Crippen LogP contribution is -2.43. The Labute approximate surface area is 171 Å². The Morgan fingerprint density at radius 1 is 1.38 bits per heavy atom. The molecular formula is C20H21ClFN5O2. The number of amides is 1. The average Bonchev–Trinajstić information content (AvgIpc) is 3.02. The number of nitrogens with zero attached hydrogens (tertiary/aromatic N) is 3. The third-order valence-corrected chi connectivity index (χ3v) is 5.47. The van der Waals surface area contributed by atoms with E-state index in [0.29, 0.717) is 30.0 Å². The molecule has 3 heterocycles. The molecule has 1 aliphatic heterocycles. The first-order valence-corrected chi connectivity index (χ1v) is 9.83. The summed E-state index contributed by atoms with van der Waals surface area (Å²) in [7, 11) is 1.77. The van der Waals surface area contributed by atoms with Crippen molar-refractivity contribution >= 4 is 34.4 Å². The Balaban J connectivity index is 1.57. The topological polar surface area (TPSA) is 83.0 Å². The number of aromatic nitrogens is 3. The van der Waals surface area contributed by atoms with Gasteiger partial charge < -0.3 is 15.2 Å². The van der Waals surface area contributed by atoms with Gasteiger partial charge in [-0.2, -0.15) is 0 Å². The molecule has 0 aliphatic carbocycles. The summed E-state index contributed by atoms with van der Waals surface area (Å²) in [6.07, 6.45) is 3.27. The molecule has 1 aromatic carbocycles. The number of likely N-dealkylation sites (tertiary alicyclic amines) is 1. The standard InChI is InChI=1S/C20H21ClFN5O2/c1-23-18-9-17-16(10-24-18)25-20(29)27(17)15-3-2-4-26(11-15)19(28)7-12-5-13(21)8-14(22)6-12/h5-6,8-10,15H,2-4,7,11H2,1H3,(H,23,24)(H,25,29)/t15-/m0/s1. The summed E-state index contributed by atoms with van der Waals surface area (Å²) in [5, 5.41) is 3.24. The summed E-state index contributed by atoms with van der Waals surface area (Å²) < 4.78 is 15.3. The highest BCUT2D eigenvalue weighted by atomic mass is 35.5. The van der Waals surface area contributed by atoms with Crippen molar-refractivity contribution in [1.29, 1.82) is 0 Å². The molecule has 7 nitrogen and oxygen atoms in total. The molecule has 2 aromatic heterocycles. The SMILES string of the molecule is CNc1cc2c(cn1)[nH]c(=O)n2[C@H]1CCCN(C(=O)Cc2cc(F)cc(Cl)c2)C1. The molecule has 2 N–H and O–H groups in total. The van der Waals surface area contributed by atoms with Crippen LogP contribution in [0.3, 0.4) is 0 Å². The number of hydrogen-bond acceptors (Lipinski definition) is 4. The van der Waals surface area contributed by atoms with Gasteiger partial charge in [0.2, 0.25) is 5.91 Å². The maximum atomic E-state index is 13.6. The Morgan fingerprint density at radius 3 is 2.97 bits per heavy atom. The second-order valence-corrected chi connectivity index (χ2v) is 7.66. The van der Waals surface area contributed by atoms with Gasteiger partial charge >= 0.3 is 5.69 Å². The number of H-pyrrole nitrogens is 1. The number of imidazole rings is 1. The Kier molecular flexibility index (Phi) is 5.27. The zero-order valence-electron chi connectivity index (χ0n) is 15.9. The highest BCUT2D eigenvalue weighted by molar-refractivity contribution is 6.30. The molecule has 1 fully saturated rings. The fourth-order valence-corrected chi connectivity index (χ4v) is 4.16. The van der Waals surface area contributed by atoms with Crippen molar-refractivity contribution in [3.63, 3.8) is 0 Å². The largest absolute Gasteiger partial charge is 0.373 e. The first-order valence-electron chi connectivity index (χ1n) is 9.45. The van der Waals surface area contributed by atoms with Crippen LogP contribution in [0.25, 0.3) is 11.0 Å². The number of carbonyl (C=O) groups is 1. The Morgan fingerprint density at radius 2 is 2.21 bits per heavy atom. The van der Waals surface area contributed by atoms with Gasteiger partial charge in [0, 0.05) is 31.2 Å². The number of fused-ring (bicyclic) bond motifs is 1. The van der Waals surface area contributed by atoms with Gasteiger partial charge in [-0.3, -0.25) is 9.36 Å². The van der Waals surface area contributed by atoms with E-state index in [1.807, 2.05) is 6.07 Å². The Hall–Kier alpha value is -2.87. The van der Waals surface area contributed by atoms with Crippen molar-refractivity contribution < 1.29 is 9.18 Å². The monoisotopic (exact) mass is 417 g/mol. The van der Waals surface area contributed by atoms with E-state index in [1.54, 1.807) is 28.8 Å². The van der Waals surface area contributed by atoms with E-state index in [0.717, 1.165) is 18.4 Å². The number of halogens is 2. The summed E-state index contributed by atoms with van der Waals surface area (Å²) >= 11 is 5.89. The molecule has 0 radical (unpaired) electrons. The van der Waals surface area contributed by atoms with Crippen molar-refractivity contribution in [2.45, 2.75) is 25.3 Å². The van der Waals surface area contributed by atoms with Crippen LogP contribution in [0.5, 0.6) is 0 Å². The molecule has 1 atom stereocenters. The fraction of sp³-hybridized carbons (Fsp3) is 0.350. The van der Waals surface area contributed by atoms with Crippen LogP contribution in [0, 0.1) is 5.82 Å². The average molecular weight is 418 g/mol. The van der Waals surface area contributed by atoms with Crippen LogP contribution >= 0.6 is 11.6 Å². The maximum Gasteiger partial charge on any atom is 0.326 e. The maximum absolute atomic E-state index is 13.6. The second-order valence-electron chi connectivity index (χ2n) is 7.23. The summed E-state index contributed by atoms with van der Waals surface area (Å²) in [5.74, 6) is 0.0925. The second kappa shape index (κ2) is 7.87. The smallest absolute Gasteiger partial charge is 0.326 e. The molecule has 0 saturated carbocycles. The third kappa shape index (κ3) is 3.98. The highest BCUT2D eigenvalue weighted by Crippen LogP contribution is 2.25. The predicted molar refractivity (Wildman–Crippen MR) is 110 cm³/mol. The number of benzene rings is 1. The van der Waals surface area contributed by atoms with Gasteiger partial charge in [0.25, 0.3) is 0 Å². The zero-order chi connectivity index (χ0) is 20.5. The first-order chi connectivity index (χ1) is 13.9. The van der Waals surface area contributed by atoms with Crippen LogP contribution in [0.4, 0.5) is 10.2 Å². The molecule has 1 aliphatic rings. The first kappa shape index (κ1) is 19.4. The molecule has 9 heteroatoms. The zero-order valence-corrected chi connectivity index (χ0v) is 16.7. The van der Waals surface area contributed by atoms with Crippen molar-refractivity contribution in [3.05, 3.63) is 57.3 Å². The van der Waals surface area contributed by atoms with Crippen molar-refractivity contribution in [2.24, 2.45) is 0 Å².